The number of nitrogens with zero attached hydrogens (tertiary/aromatic N) is 5. The van der Waals surface area contributed by atoms with Crippen LogP contribution < -0.4 is 20.6 Å². The zero-order valence-electron chi connectivity index (χ0n) is 18.9. The van der Waals surface area contributed by atoms with E-state index in [0.29, 0.717) is 42.2 Å². The normalized spacial score (nSPS) is 11.2. The molecule has 0 spiro atoms. The lowest BCUT2D eigenvalue weighted by molar-refractivity contribution is 0.178. The van der Waals surface area contributed by atoms with Crippen LogP contribution in [0, 0.1) is 6.92 Å². The van der Waals surface area contributed by atoms with Crippen LogP contribution in [0.2, 0.25) is 0 Å². The summed E-state index contributed by atoms with van der Waals surface area (Å²) in [5, 5.41) is 5.79. The summed E-state index contributed by atoms with van der Waals surface area (Å²) in [6.07, 6.45) is 4.95. The maximum Gasteiger partial charge on any atom is 0.219 e. The molecule has 0 amide bonds. The molecule has 170 valence electrons. The fourth-order valence-corrected chi connectivity index (χ4v) is 3.02. The summed E-state index contributed by atoms with van der Waals surface area (Å²) >= 11 is 0. The Labute approximate surface area is 192 Å². The Bertz CT molecular complexity index is 1200. The Morgan fingerprint density at radius 3 is 2.55 bits per heavy atom. The Hall–Kier alpha value is -3.82. The van der Waals surface area contributed by atoms with Gasteiger partial charge in [0, 0.05) is 30.2 Å². The molecule has 4 rings (SSSR count). The summed E-state index contributed by atoms with van der Waals surface area (Å²) in [6, 6.07) is 13.3. The molecule has 1 aromatic carbocycles. The number of pyridine rings is 2. The number of rotatable bonds is 9. The van der Waals surface area contributed by atoms with E-state index in [9.17, 15) is 0 Å². The number of hydrogen-bond donors (Lipinski definition) is 2. The van der Waals surface area contributed by atoms with E-state index in [2.05, 4.69) is 25.3 Å². The number of nitrogens with one attached hydrogen (secondary N) is 1. The minimum Gasteiger partial charge on any atom is -0.491 e. The minimum atomic E-state index is 0.263. The van der Waals surface area contributed by atoms with Gasteiger partial charge in [0.15, 0.2) is 0 Å². The van der Waals surface area contributed by atoms with E-state index in [1.54, 1.807) is 23.5 Å². The van der Waals surface area contributed by atoms with Gasteiger partial charge < -0.3 is 14.8 Å². The summed E-state index contributed by atoms with van der Waals surface area (Å²) in [5.41, 5.74) is 1.88. The van der Waals surface area contributed by atoms with E-state index < -0.39 is 0 Å². The van der Waals surface area contributed by atoms with Gasteiger partial charge in [-0.3, -0.25) is 5.84 Å². The molecule has 0 saturated carbocycles. The zero-order valence-corrected chi connectivity index (χ0v) is 18.9. The van der Waals surface area contributed by atoms with Crippen molar-refractivity contribution in [2.45, 2.75) is 26.8 Å². The molecule has 33 heavy (non-hydrogen) atoms. The number of ether oxygens (including phenoxy) is 2. The topological polar surface area (TPSA) is 111 Å². The number of hydrogen-bond acceptors (Lipinski definition) is 9. The fraction of sp³-hybridized carbons (Fsp3) is 0.250. The van der Waals surface area contributed by atoms with Gasteiger partial charge in [0.2, 0.25) is 5.88 Å². The SMILES string of the molecule is Cc1ccc(Nc2ncnc3ccc(Oc4ccc(OCCN(N)C(C)C)cn4)cc23)nc1. The van der Waals surface area contributed by atoms with Crippen LogP contribution in [0.25, 0.3) is 10.9 Å². The monoisotopic (exact) mass is 445 g/mol. The molecule has 3 heterocycles. The van der Waals surface area contributed by atoms with Gasteiger partial charge >= 0.3 is 0 Å². The molecular weight excluding hydrogens is 418 g/mol. The van der Waals surface area contributed by atoms with Crippen LogP contribution in [0.5, 0.6) is 17.4 Å². The lowest BCUT2D eigenvalue weighted by Gasteiger charge is -2.20. The van der Waals surface area contributed by atoms with Crippen molar-refractivity contribution < 1.29 is 9.47 Å². The van der Waals surface area contributed by atoms with Gasteiger partial charge in [0.25, 0.3) is 0 Å². The van der Waals surface area contributed by atoms with E-state index in [0.717, 1.165) is 16.5 Å². The molecular formula is C24H27N7O2. The summed E-state index contributed by atoms with van der Waals surface area (Å²) in [4.78, 5) is 17.4. The Morgan fingerprint density at radius 1 is 0.970 bits per heavy atom. The molecule has 0 unspecified atom stereocenters. The lowest BCUT2D eigenvalue weighted by Crippen LogP contribution is -2.40. The number of nitrogens with two attached hydrogens (primary N) is 1. The molecule has 0 bridgehead atoms. The standard InChI is InChI=1S/C24H27N7O2/c1-16(2)31(25)10-11-32-19-6-9-23(27-14-19)33-18-5-7-21-20(12-18)24(29-15-28-21)30-22-8-4-17(3)13-26-22/h4-9,12-16H,10-11,25H2,1-3H3,(H,26,28,29,30). The second-order valence-corrected chi connectivity index (χ2v) is 7.86. The number of anilines is 2. The predicted octanol–water partition coefficient (Wildman–Crippen LogP) is 4.23. The molecule has 9 nitrogen and oxygen atoms in total. The van der Waals surface area contributed by atoms with Crippen LogP contribution >= 0.6 is 0 Å². The summed E-state index contributed by atoms with van der Waals surface area (Å²) in [6.45, 7) is 7.17. The number of benzene rings is 1. The van der Waals surface area contributed by atoms with Gasteiger partial charge in [0.05, 0.1) is 11.7 Å². The van der Waals surface area contributed by atoms with Crippen LogP contribution in [0.1, 0.15) is 19.4 Å². The molecule has 4 aromatic rings. The highest BCUT2D eigenvalue weighted by Gasteiger charge is 2.09. The van der Waals surface area contributed by atoms with Crippen molar-refractivity contribution in [1.82, 2.24) is 24.9 Å². The molecule has 3 N–H and O–H groups in total. The van der Waals surface area contributed by atoms with Crippen molar-refractivity contribution in [3.8, 4) is 17.4 Å². The number of hydrazine groups is 1. The second-order valence-electron chi connectivity index (χ2n) is 7.86. The average molecular weight is 446 g/mol. The van der Waals surface area contributed by atoms with E-state index in [1.165, 1.54) is 6.33 Å². The van der Waals surface area contributed by atoms with Gasteiger partial charge in [-0.05, 0) is 56.7 Å². The van der Waals surface area contributed by atoms with Crippen molar-refractivity contribution in [1.29, 1.82) is 0 Å². The molecule has 0 fully saturated rings. The van der Waals surface area contributed by atoms with E-state index >= 15 is 0 Å². The van der Waals surface area contributed by atoms with E-state index in [-0.39, 0.29) is 6.04 Å². The quantitative estimate of drug-likeness (QED) is 0.289. The van der Waals surface area contributed by atoms with Gasteiger partial charge in [-0.1, -0.05) is 6.07 Å². The van der Waals surface area contributed by atoms with Gasteiger partial charge in [-0.25, -0.2) is 24.9 Å². The number of aromatic nitrogens is 4. The third-order valence-corrected chi connectivity index (χ3v) is 4.98. The van der Waals surface area contributed by atoms with Crippen molar-refractivity contribution >= 4 is 22.5 Å². The molecule has 0 saturated heterocycles. The summed E-state index contributed by atoms with van der Waals surface area (Å²) in [5.74, 6) is 8.97. The van der Waals surface area contributed by atoms with Crippen LogP contribution in [0.4, 0.5) is 11.6 Å². The van der Waals surface area contributed by atoms with Crippen molar-refractivity contribution in [3.63, 3.8) is 0 Å². The van der Waals surface area contributed by atoms with Gasteiger partial charge in [-0.15, -0.1) is 0 Å². The molecule has 0 aliphatic heterocycles. The van der Waals surface area contributed by atoms with Crippen molar-refractivity contribution in [2.24, 2.45) is 5.84 Å². The number of fused-ring (bicyclic) bond motifs is 1. The highest BCUT2D eigenvalue weighted by atomic mass is 16.5. The summed E-state index contributed by atoms with van der Waals surface area (Å²) < 4.78 is 11.6. The highest BCUT2D eigenvalue weighted by molar-refractivity contribution is 5.91. The van der Waals surface area contributed by atoms with Crippen LogP contribution in [-0.4, -0.2) is 44.1 Å². The largest absolute Gasteiger partial charge is 0.491 e. The second kappa shape index (κ2) is 10.2. The van der Waals surface area contributed by atoms with Crippen LogP contribution in [0.15, 0.2) is 61.2 Å². The van der Waals surface area contributed by atoms with Crippen molar-refractivity contribution in [3.05, 3.63) is 66.7 Å². The maximum atomic E-state index is 5.94. The first-order chi connectivity index (χ1) is 16.0. The first-order valence-corrected chi connectivity index (χ1v) is 10.7. The fourth-order valence-electron chi connectivity index (χ4n) is 3.02. The summed E-state index contributed by atoms with van der Waals surface area (Å²) in [7, 11) is 0. The third kappa shape index (κ3) is 5.91. The Balaban J connectivity index is 1.44. The van der Waals surface area contributed by atoms with E-state index in [4.69, 9.17) is 15.3 Å². The lowest BCUT2D eigenvalue weighted by atomic mass is 10.2. The predicted molar refractivity (Wildman–Crippen MR) is 128 cm³/mol. The van der Waals surface area contributed by atoms with Gasteiger partial charge in [-0.2, -0.15) is 0 Å². The number of aryl methyl sites for hydroxylation is 1. The minimum absolute atomic E-state index is 0.263. The van der Waals surface area contributed by atoms with Gasteiger partial charge in [0.1, 0.15) is 36.1 Å². The average Bonchev–Trinajstić information content (AvgIpc) is 2.82. The highest BCUT2D eigenvalue weighted by Crippen LogP contribution is 2.29. The van der Waals surface area contributed by atoms with E-state index in [1.807, 2.05) is 57.2 Å². The third-order valence-electron chi connectivity index (χ3n) is 4.98. The zero-order chi connectivity index (χ0) is 23.2. The molecule has 9 heteroatoms. The van der Waals surface area contributed by atoms with Crippen LogP contribution in [0.3, 0.4) is 0 Å². The first kappa shape index (κ1) is 22.4. The molecule has 0 aliphatic carbocycles. The first-order valence-electron chi connectivity index (χ1n) is 10.7. The molecule has 3 aromatic heterocycles. The Kier molecular flexibility index (Phi) is 6.92. The smallest absolute Gasteiger partial charge is 0.219 e. The maximum absolute atomic E-state index is 5.94. The Morgan fingerprint density at radius 2 is 1.82 bits per heavy atom. The van der Waals surface area contributed by atoms with Crippen LogP contribution in [-0.2, 0) is 0 Å². The van der Waals surface area contributed by atoms with Crippen molar-refractivity contribution in [2.75, 3.05) is 18.5 Å². The molecule has 0 aliphatic rings. The molecule has 0 atom stereocenters. The molecule has 0 radical (unpaired) electrons.